The fourth-order valence-corrected chi connectivity index (χ4v) is 3.62. The highest BCUT2D eigenvalue weighted by molar-refractivity contribution is 6.11. The van der Waals surface area contributed by atoms with Crippen molar-refractivity contribution >= 4 is 23.5 Å². The number of carbonyl (C=O) groups is 3. The molecular formula is C22H25N3O4. The van der Waals surface area contributed by atoms with Gasteiger partial charge in [-0.05, 0) is 37.4 Å². The molecule has 1 atom stereocenters. The van der Waals surface area contributed by atoms with Crippen LogP contribution in [0.2, 0.25) is 0 Å². The molecule has 1 heterocycles. The molecule has 7 nitrogen and oxygen atoms in total. The van der Waals surface area contributed by atoms with Crippen molar-refractivity contribution < 1.29 is 19.5 Å². The monoisotopic (exact) mass is 395 g/mol. The van der Waals surface area contributed by atoms with Crippen LogP contribution in [0.1, 0.15) is 33.8 Å². The van der Waals surface area contributed by atoms with E-state index >= 15 is 0 Å². The molecule has 2 aromatic rings. The molecule has 1 aliphatic heterocycles. The number of carboxylic acids is 1. The molecule has 0 saturated carbocycles. The number of hydrogen-bond acceptors (Lipinski definition) is 4. The van der Waals surface area contributed by atoms with Gasteiger partial charge >= 0.3 is 5.97 Å². The molecule has 7 heteroatoms. The highest BCUT2D eigenvalue weighted by atomic mass is 16.4. The van der Waals surface area contributed by atoms with E-state index in [-0.39, 0.29) is 24.8 Å². The number of fused-ring (bicyclic) bond motifs is 2. The van der Waals surface area contributed by atoms with Gasteiger partial charge in [-0.25, -0.2) is 0 Å². The first-order chi connectivity index (χ1) is 13.9. The van der Waals surface area contributed by atoms with Gasteiger partial charge in [-0.3, -0.25) is 19.3 Å². The SMILES string of the molecule is CN(C)CCNC(=O)CN1C(=O)c2ccccc2C(CC(=O)O)c2ccccc21. The van der Waals surface area contributed by atoms with Crippen LogP contribution in [0.25, 0.3) is 0 Å². The Morgan fingerprint density at radius 3 is 2.41 bits per heavy atom. The van der Waals surface area contributed by atoms with Crippen LogP contribution < -0.4 is 10.2 Å². The lowest BCUT2D eigenvalue weighted by Crippen LogP contribution is -2.42. The second-order valence-corrected chi connectivity index (χ2v) is 7.34. The molecule has 0 aliphatic carbocycles. The fourth-order valence-electron chi connectivity index (χ4n) is 3.62. The Hall–Kier alpha value is -3.19. The van der Waals surface area contributed by atoms with Crippen molar-refractivity contribution in [1.82, 2.24) is 10.2 Å². The first kappa shape index (κ1) is 20.5. The Labute approximate surface area is 169 Å². The molecule has 1 unspecified atom stereocenters. The quantitative estimate of drug-likeness (QED) is 0.748. The number of benzene rings is 2. The van der Waals surface area contributed by atoms with E-state index in [1.807, 2.05) is 31.1 Å². The normalized spacial score (nSPS) is 15.5. The zero-order valence-electron chi connectivity index (χ0n) is 16.6. The van der Waals surface area contributed by atoms with Gasteiger partial charge < -0.3 is 15.3 Å². The predicted molar refractivity (Wildman–Crippen MR) is 110 cm³/mol. The number of nitrogens with zero attached hydrogens (tertiary/aromatic N) is 2. The van der Waals surface area contributed by atoms with Crippen molar-refractivity contribution in [2.75, 3.05) is 38.6 Å². The van der Waals surface area contributed by atoms with Crippen molar-refractivity contribution in [2.45, 2.75) is 12.3 Å². The second kappa shape index (κ2) is 8.87. The molecule has 0 aromatic heterocycles. The molecule has 0 radical (unpaired) electrons. The highest BCUT2D eigenvalue weighted by Gasteiger charge is 2.34. The Morgan fingerprint density at radius 2 is 1.72 bits per heavy atom. The van der Waals surface area contributed by atoms with E-state index in [1.54, 1.807) is 36.4 Å². The predicted octanol–water partition coefficient (Wildman–Crippen LogP) is 1.93. The maximum absolute atomic E-state index is 13.3. The standard InChI is InChI=1S/C22H25N3O4/c1-24(2)12-11-23-20(26)14-25-19-10-6-5-8-16(19)18(13-21(27)28)15-7-3-4-9-17(15)22(25)29/h3-10,18H,11-14H2,1-2H3,(H,23,26)(H,27,28). The van der Waals surface area contributed by atoms with Crippen LogP contribution >= 0.6 is 0 Å². The second-order valence-electron chi connectivity index (χ2n) is 7.34. The Bertz CT molecular complexity index is 926. The van der Waals surface area contributed by atoms with Crippen molar-refractivity contribution in [2.24, 2.45) is 0 Å². The summed E-state index contributed by atoms with van der Waals surface area (Å²) in [5.41, 5.74) is 2.40. The largest absolute Gasteiger partial charge is 0.481 e. The van der Waals surface area contributed by atoms with Gasteiger partial charge in [-0.15, -0.1) is 0 Å². The van der Waals surface area contributed by atoms with E-state index in [0.717, 1.165) is 5.56 Å². The van der Waals surface area contributed by atoms with Crippen LogP contribution in [0, 0.1) is 0 Å². The van der Waals surface area contributed by atoms with Crippen molar-refractivity contribution in [3.8, 4) is 0 Å². The van der Waals surface area contributed by atoms with Crippen LogP contribution in [0.5, 0.6) is 0 Å². The molecule has 2 N–H and O–H groups in total. The van der Waals surface area contributed by atoms with Crippen LogP contribution in [-0.4, -0.2) is 61.5 Å². The summed E-state index contributed by atoms with van der Waals surface area (Å²) in [5.74, 6) is -1.97. The first-order valence-corrected chi connectivity index (χ1v) is 9.51. The third-order valence-corrected chi connectivity index (χ3v) is 4.98. The number of nitrogens with one attached hydrogen (secondary N) is 1. The minimum Gasteiger partial charge on any atom is -0.481 e. The summed E-state index contributed by atoms with van der Waals surface area (Å²) < 4.78 is 0. The fraction of sp³-hybridized carbons (Fsp3) is 0.318. The van der Waals surface area contributed by atoms with Gasteiger partial charge in [-0.1, -0.05) is 36.4 Å². The lowest BCUT2D eigenvalue weighted by molar-refractivity contribution is -0.137. The molecule has 0 spiro atoms. The van der Waals surface area contributed by atoms with Gasteiger partial charge in [0, 0.05) is 30.3 Å². The van der Waals surface area contributed by atoms with E-state index < -0.39 is 11.9 Å². The molecule has 152 valence electrons. The molecule has 29 heavy (non-hydrogen) atoms. The molecule has 2 aromatic carbocycles. The summed E-state index contributed by atoms with van der Waals surface area (Å²) in [7, 11) is 3.83. The van der Waals surface area contributed by atoms with Crippen molar-refractivity contribution in [1.29, 1.82) is 0 Å². The summed E-state index contributed by atoms with van der Waals surface area (Å²) >= 11 is 0. The lowest BCUT2D eigenvalue weighted by atomic mass is 9.86. The number of amides is 2. The number of para-hydroxylation sites is 1. The van der Waals surface area contributed by atoms with Crippen LogP contribution in [-0.2, 0) is 9.59 Å². The van der Waals surface area contributed by atoms with Crippen LogP contribution in [0.3, 0.4) is 0 Å². The topological polar surface area (TPSA) is 90.0 Å². The first-order valence-electron chi connectivity index (χ1n) is 9.51. The summed E-state index contributed by atoms with van der Waals surface area (Å²) in [4.78, 5) is 40.8. The molecular weight excluding hydrogens is 370 g/mol. The Balaban J connectivity index is 2.00. The van der Waals surface area contributed by atoms with E-state index in [0.29, 0.717) is 29.9 Å². The number of carboxylic acid groups (broad SMARTS) is 1. The molecule has 0 saturated heterocycles. The summed E-state index contributed by atoms with van der Waals surface area (Å²) in [5, 5.41) is 12.3. The average molecular weight is 395 g/mol. The van der Waals surface area contributed by atoms with E-state index in [4.69, 9.17) is 0 Å². The van der Waals surface area contributed by atoms with Gasteiger partial charge in [-0.2, -0.15) is 0 Å². The maximum atomic E-state index is 13.3. The minimum atomic E-state index is -0.943. The highest BCUT2D eigenvalue weighted by Crippen LogP contribution is 2.40. The zero-order valence-corrected chi connectivity index (χ0v) is 16.6. The number of anilines is 1. The molecule has 0 bridgehead atoms. The lowest BCUT2D eigenvalue weighted by Gasteiger charge is -2.24. The number of hydrogen-bond donors (Lipinski definition) is 2. The zero-order chi connectivity index (χ0) is 21.0. The van der Waals surface area contributed by atoms with E-state index in [9.17, 15) is 19.5 Å². The minimum absolute atomic E-state index is 0.128. The van der Waals surface area contributed by atoms with Crippen LogP contribution in [0.4, 0.5) is 5.69 Å². The molecule has 0 fully saturated rings. The van der Waals surface area contributed by atoms with Gasteiger partial charge in [0.2, 0.25) is 5.91 Å². The third-order valence-electron chi connectivity index (χ3n) is 4.98. The van der Waals surface area contributed by atoms with E-state index in [1.165, 1.54) is 4.90 Å². The summed E-state index contributed by atoms with van der Waals surface area (Å²) in [6.45, 7) is 1.05. The number of rotatable bonds is 7. The average Bonchev–Trinajstić information content (AvgIpc) is 2.77. The summed E-state index contributed by atoms with van der Waals surface area (Å²) in [6.07, 6.45) is -0.135. The maximum Gasteiger partial charge on any atom is 0.304 e. The molecule has 2 amide bonds. The number of likely N-dealkylation sites (N-methyl/N-ethyl adjacent to an activating group) is 1. The molecule has 3 rings (SSSR count). The van der Waals surface area contributed by atoms with Crippen LogP contribution in [0.15, 0.2) is 48.5 Å². The van der Waals surface area contributed by atoms with Gasteiger partial charge in [0.25, 0.3) is 5.91 Å². The van der Waals surface area contributed by atoms with E-state index in [2.05, 4.69) is 5.32 Å². The Morgan fingerprint density at radius 1 is 1.07 bits per heavy atom. The van der Waals surface area contributed by atoms with Gasteiger partial charge in [0.15, 0.2) is 0 Å². The third kappa shape index (κ3) is 4.63. The van der Waals surface area contributed by atoms with Crippen molar-refractivity contribution in [3.63, 3.8) is 0 Å². The van der Waals surface area contributed by atoms with Crippen molar-refractivity contribution in [3.05, 3.63) is 65.2 Å². The number of carbonyl (C=O) groups excluding carboxylic acids is 2. The summed E-state index contributed by atoms with van der Waals surface area (Å²) in [6, 6.07) is 14.2. The Kier molecular flexibility index (Phi) is 6.29. The smallest absolute Gasteiger partial charge is 0.304 e. The molecule has 1 aliphatic rings. The van der Waals surface area contributed by atoms with Gasteiger partial charge in [0.1, 0.15) is 6.54 Å². The van der Waals surface area contributed by atoms with Gasteiger partial charge in [0.05, 0.1) is 6.42 Å². The number of aliphatic carboxylic acids is 1.